The molecule has 0 radical (unpaired) electrons. The van der Waals surface area contributed by atoms with Crippen molar-refractivity contribution in [2.75, 3.05) is 0 Å². The number of furan rings is 1. The summed E-state index contributed by atoms with van der Waals surface area (Å²) in [7, 11) is 0. The van der Waals surface area contributed by atoms with Crippen molar-refractivity contribution in [3.8, 4) is 22.9 Å². The summed E-state index contributed by atoms with van der Waals surface area (Å²) in [5.41, 5.74) is 2.41. The zero-order valence-corrected chi connectivity index (χ0v) is 16.6. The number of hydrogen-bond donors (Lipinski definition) is 0. The standard InChI is InChI=1S/C24H17N3O4/c1-15-11-12-21(30-15)20-13-18(17-9-5-6-10-19(17)25-20)24(28)29-14-22-26-27-23(31-22)16-7-3-2-4-8-16/h2-13H,14H2,1H3. The van der Waals surface area contributed by atoms with Gasteiger partial charge in [0.25, 0.3) is 5.89 Å². The third-order valence-corrected chi connectivity index (χ3v) is 4.74. The fourth-order valence-corrected chi connectivity index (χ4v) is 3.26. The van der Waals surface area contributed by atoms with Crippen LogP contribution in [-0.4, -0.2) is 21.2 Å². The van der Waals surface area contributed by atoms with Gasteiger partial charge in [0.2, 0.25) is 5.89 Å². The minimum Gasteiger partial charge on any atom is -0.460 e. The Labute approximate surface area is 177 Å². The largest absolute Gasteiger partial charge is 0.460 e. The number of pyridine rings is 1. The number of esters is 1. The SMILES string of the molecule is Cc1ccc(-c2cc(C(=O)OCc3nnc(-c4ccccc4)o3)c3ccccc3n2)o1. The first-order valence-corrected chi connectivity index (χ1v) is 9.69. The van der Waals surface area contributed by atoms with Gasteiger partial charge in [0.1, 0.15) is 11.5 Å². The van der Waals surface area contributed by atoms with Crippen molar-refractivity contribution in [1.29, 1.82) is 0 Å². The maximum absolute atomic E-state index is 12.9. The number of fused-ring (bicyclic) bond motifs is 1. The number of hydrogen-bond acceptors (Lipinski definition) is 7. The van der Waals surface area contributed by atoms with Crippen LogP contribution in [0.1, 0.15) is 22.0 Å². The molecule has 0 aliphatic carbocycles. The number of ether oxygens (including phenoxy) is 1. The smallest absolute Gasteiger partial charge is 0.339 e. The van der Waals surface area contributed by atoms with Gasteiger partial charge < -0.3 is 13.6 Å². The molecule has 0 unspecified atom stereocenters. The zero-order chi connectivity index (χ0) is 21.2. The van der Waals surface area contributed by atoms with E-state index >= 15 is 0 Å². The molecule has 0 spiro atoms. The van der Waals surface area contributed by atoms with Gasteiger partial charge in [-0.1, -0.05) is 36.4 Å². The first-order valence-electron chi connectivity index (χ1n) is 9.69. The minimum absolute atomic E-state index is 0.134. The van der Waals surface area contributed by atoms with Gasteiger partial charge in [-0.05, 0) is 43.3 Å². The highest BCUT2D eigenvalue weighted by Gasteiger charge is 2.18. The van der Waals surface area contributed by atoms with Crippen LogP contribution in [0.4, 0.5) is 0 Å². The fourth-order valence-electron chi connectivity index (χ4n) is 3.26. The molecule has 0 bridgehead atoms. The molecule has 3 heterocycles. The lowest BCUT2D eigenvalue weighted by Crippen LogP contribution is -2.07. The minimum atomic E-state index is -0.511. The number of para-hydroxylation sites is 1. The van der Waals surface area contributed by atoms with Crippen molar-refractivity contribution in [2.45, 2.75) is 13.5 Å². The number of aromatic nitrogens is 3. The highest BCUT2D eigenvalue weighted by atomic mass is 16.5. The molecule has 7 heteroatoms. The summed E-state index contributed by atoms with van der Waals surface area (Å²) < 4.78 is 16.8. The van der Waals surface area contributed by atoms with E-state index in [9.17, 15) is 4.79 Å². The van der Waals surface area contributed by atoms with Gasteiger partial charge in [0.15, 0.2) is 12.4 Å². The van der Waals surface area contributed by atoms with Crippen molar-refractivity contribution < 1.29 is 18.4 Å². The van der Waals surface area contributed by atoms with E-state index in [0.29, 0.717) is 33.8 Å². The third-order valence-electron chi connectivity index (χ3n) is 4.74. The van der Waals surface area contributed by atoms with E-state index in [4.69, 9.17) is 13.6 Å². The number of benzene rings is 2. The molecule has 0 aliphatic rings. The van der Waals surface area contributed by atoms with Crippen molar-refractivity contribution in [3.63, 3.8) is 0 Å². The first kappa shape index (κ1) is 18.7. The van der Waals surface area contributed by atoms with Gasteiger partial charge in [-0.3, -0.25) is 0 Å². The molecule has 0 saturated carbocycles. The van der Waals surface area contributed by atoms with E-state index in [2.05, 4.69) is 15.2 Å². The normalized spacial score (nSPS) is 11.0. The molecule has 152 valence electrons. The lowest BCUT2D eigenvalue weighted by molar-refractivity contribution is 0.0441. The molecule has 5 aromatic rings. The predicted octanol–water partition coefficient (Wildman–Crippen LogP) is 5.21. The second-order valence-corrected chi connectivity index (χ2v) is 6.93. The third kappa shape index (κ3) is 3.81. The topological polar surface area (TPSA) is 91.2 Å². The molecular weight excluding hydrogens is 394 g/mol. The van der Waals surface area contributed by atoms with E-state index in [-0.39, 0.29) is 12.5 Å². The van der Waals surface area contributed by atoms with Crippen LogP contribution in [-0.2, 0) is 11.3 Å². The number of aryl methyl sites for hydroxylation is 1. The van der Waals surface area contributed by atoms with Crippen LogP contribution in [0, 0.1) is 6.92 Å². The Kier molecular flexibility index (Phi) is 4.76. The predicted molar refractivity (Wildman–Crippen MR) is 113 cm³/mol. The van der Waals surface area contributed by atoms with E-state index in [1.165, 1.54) is 0 Å². The average Bonchev–Trinajstić information content (AvgIpc) is 3.46. The summed E-state index contributed by atoms with van der Waals surface area (Å²) in [4.78, 5) is 17.5. The Balaban J connectivity index is 1.41. The van der Waals surface area contributed by atoms with Crippen LogP contribution in [0.5, 0.6) is 0 Å². The first-order chi connectivity index (χ1) is 15.2. The molecule has 0 fully saturated rings. The number of rotatable bonds is 5. The lowest BCUT2D eigenvalue weighted by Gasteiger charge is -2.08. The van der Waals surface area contributed by atoms with Gasteiger partial charge in [0.05, 0.1) is 11.1 Å². The van der Waals surface area contributed by atoms with E-state index in [0.717, 1.165) is 11.3 Å². The van der Waals surface area contributed by atoms with Gasteiger partial charge in [-0.2, -0.15) is 0 Å². The highest BCUT2D eigenvalue weighted by Crippen LogP contribution is 2.27. The van der Waals surface area contributed by atoms with Crippen molar-refractivity contribution in [1.82, 2.24) is 15.2 Å². The molecule has 3 aromatic heterocycles. The van der Waals surface area contributed by atoms with Crippen molar-refractivity contribution in [3.05, 3.63) is 90.0 Å². The van der Waals surface area contributed by atoms with Gasteiger partial charge in [0, 0.05) is 10.9 Å². The summed E-state index contributed by atoms with van der Waals surface area (Å²) in [6.07, 6.45) is 0. The van der Waals surface area contributed by atoms with Crippen LogP contribution in [0.25, 0.3) is 33.8 Å². The number of nitrogens with zero attached hydrogens (tertiary/aromatic N) is 3. The van der Waals surface area contributed by atoms with Crippen LogP contribution < -0.4 is 0 Å². The van der Waals surface area contributed by atoms with Gasteiger partial charge >= 0.3 is 5.97 Å². The Bertz CT molecular complexity index is 1370. The zero-order valence-electron chi connectivity index (χ0n) is 16.6. The Hall–Kier alpha value is -4.26. The molecule has 2 aromatic carbocycles. The molecule has 0 amide bonds. The van der Waals surface area contributed by atoms with E-state index in [1.54, 1.807) is 6.07 Å². The second-order valence-electron chi connectivity index (χ2n) is 6.93. The molecule has 7 nitrogen and oxygen atoms in total. The van der Waals surface area contributed by atoms with Gasteiger partial charge in [-0.25, -0.2) is 9.78 Å². The quantitative estimate of drug-likeness (QED) is 0.367. The summed E-state index contributed by atoms with van der Waals surface area (Å²) in [6.45, 7) is 1.72. The fraction of sp³-hybridized carbons (Fsp3) is 0.0833. The summed E-state index contributed by atoms with van der Waals surface area (Å²) in [5, 5.41) is 8.67. The Morgan fingerprint density at radius 3 is 2.55 bits per heavy atom. The number of carbonyl (C=O) groups is 1. The lowest BCUT2D eigenvalue weighted by atomic mass is 10.1. The molecular formula is C24H17N3O4. The Morgan fingerprint density at radius 1 is 0.935 bits per heavy atom. The second kappa shape index (κ2) is 7.87. The van der Waals surface area contributed by atoms with Crippen LogP contribution in [0.15, 0.2) is 81.6 Å². The maximum Gasteiger partial charge on any atom is 0.339 e. The van der Waals surface area contributed by atoms with Crippen LogP contribution in [0.2, 0.25) is 0 Å². The van der Waals surface area contributed by atoms with E-state index in [1.807, 2.05) is 73.7 Å². The summed E-state index contributed by atoms with van der Waals surface area (Å²) >= 11 is 0. The molecule has 0 saturated heterocycles. The molecule has 0 aliphatic heterocycles. The average molecular weight is 411 g/mol. The molecule has 5 rings (SSSR count). The van der Waals surface area contributed by atoms with Crippen molar-refractivity contribution >= 4 is 16.9 Å². The highest BCUT2D eigenvalue weighted by molar-refractivity contribution is 6.04. The molecule has 0 N–H and O–H groups in total. The van der Waals surface area contributed by atoms with Gasteiger partial charge in [-0.15, -0.1) is 10.2 Å². The monoisotopic (exact) mass is 411 g/mol. The Morgan fingerprint density at radius 2 is 1.74 bits per heavy atom. The van der Waals surface area contributed by atoms with Crippen LogP contribution >= 0.6 is 0 Å². The van der Waals surface area contributed by atoms with E-state index < -0.39 is 5.97 Å². The maximum atomic E-state index is 12.9. The number of carbonyl (C=O) groups excluding carboxylic acids is 1. The molecule has 31 heavy (non-hydrogen) atoms. The summed E-state index contributed by atoms with van der Waals surface area (Å²) in [5.74, 6) is 1.42. The summed E-state index contributed by atoms with van der Waals surface area (Å²) in [6, 6.07) is 22.1. The van der Waals surface area contributed by atoms with Crippen molar-refractivity contribution in [2.24, 2.45) is 0 Å². The van der Waals surface area contributed by atoms with Crippen LogP contribution in [0.3, 0.4) is 0 Å². The molecule has 0 atom stereocenters.